The van der Waals surface area contributed by atoms with Crippen LogP contribution in [-0.4, -0.2) is 41.0 Å². The molecule has 0 aromatic rings. The SMILES string of the molecule is O=C1CNC(=O)N1CC1(C(=O)O)CCCC1. The standard InChI is InChI=1S/C10H14N2O4/c13-7-5-11-9(16)12(7)6-10(8(14)15)3-1-2-4-10/h1-6H2,(H,11,16)(H,14,15). The summed E-state index contributed by atoms with van der Waals surface area (Å²) >= 11 is 0. The van der Waals surface area contributed by atoms with Crippen LogP contribution < -0.4 is 5.32 Å². The van der Waals surface area contributed by atoms with Crippen LogP contribution >= 0.6 is 0 Å². The van der Waals surface area contributed by atoms with Gasteiger partial charge < -0.3 is 10.4 Å². The molecule has 0 bridgehead atoms. The molecule has 88 valence electrons. The van der Waals surface area contributed by atoms with Crippen molar-refractivity contribution >= 4 is 17.9 Å². The molecule has 2 rings (SSSR count). The zero-order valence-corrected chi connectivity index (χ0v) is 8.86. The predicted octanol–water partition coefficient (Wildman–Crippen LogP) is 0.183. The highest BCUT2D eigenvalue weighted by molar-refractivity contribution is 6.02. The van der Waals surface area contributed by atoms with E-state index in [-0.39, 0.29) is 19.0 Å². The molecule has 1 heterocycles. The van der Waals surface area contributed by atoms with Crippen LogP contribution in [0, 0.1) is 5.41 Å². The molecule has 0 atom stereocenters. The second-order valence-corrected chi connectivity index (χ2v) is 4.43. The Hall–Kier alpha value is -1.59. The van der Waals surface area contributed by atoms with Gasteiger partial charge in [-0.05, 0) is 12.8 Å². The van der Waals surface area contributed by atoms with Crippen molar-refractivity contribution in [2.45, 2.75) is 25.7 Å². The lowest BCUT2D eigenvalue weighted by Gasteiger charge is -2.27. The predicted molar refractivity (Wildman–Crippen MR) is 53.6 cm³/mol. The molecule has 6 nitrogen and oxygen atoms in total. The number of rotatable bonds is 3. The number of hydrogen-bond acceptors (Lipinski definition) is 3. The minimum absolute atomic E-state index is 0.00694. The maximum atomic E-state index is 11.4. The van der Waals surface area contributed by atoms with Crippen molar-refractivity contribution in [3.05, 3.63) is 0 Å². The zero-order valence-electron chi connectivity index (χ0n) is 8.86. The van der Waals surface area contributed by atoms with Gasteiger partial charge in [0.1, 0.15) is 0 Å². The van der Waals surface area contributed by atoms with E-state index in [2.05, 4.69) is 5.32 Å². The third-order valence-corrected chi connectivity index (χ3v) is 3.41. The number of nitrogens with zero attached hydrogens (tertiary/aromatic N) is 1. The van der Waals surface area contributed by atoms with Crippen molar-refractivity contribution in [2.75, 3.05) is 13.1 Å². The highest BCUT2D eigenvalue weighted by Crippen LogP contribution is 2.39. The lowest BCUT2D eigenvalue weighted by Crippen LogP contribution is -2.44. The molecule has 6 heteroatoms. The molecule has 1 aliphatic heterocycles. The monoisotopic (exact) mass is 226 g/mol. The van der Waals surface area contributed by atoms with Gasteiger partial charge in [0.2, 0.25) is 5.91 Å². The molecule has 0 radical (unpaired) electrons. The minimum Gasteiger partial charge on any atom is -0.481 e. The van der Waals surface area contributed by atoms with E-state index >= 15 is 0 Å². The van der Waals surface area contributed by atoms with Gasteiger partial charge in [0.15, 0.2) is 0 Å². The normalized spacial score (nSPS) is 23.6. The average Bonchev–Trinajstić information content (AvgIpc) is 2.81. The molecule has 1 saturated carbocycles. The van der Waals surface area contributed by atoms with Crippen LogP contribution in [0.2, 0.25) is 0 Å². The fraction of sp³-hybridized carbons (Fsp3) is 0.700. The summed E-state index contributed by atoms with van der Waals surface area (Å²) in [4.78, 5) is 35.0. The number of carbonyl (C=O) groups excluding carboxylic acids is 2. The quantitative estimate of drug-likeness (QED) is 0.672. The van der Waals surface area contributed by atoms with Crippen molar-refractivity contribution in [3.8, 4) is 0 Å². The van der Waals surface area contributed by atoms with Gasteiger partial charge in [0, 0.05) is 6.54 Å². The van der Waals surface area contributed by atoms with Crippen molar-refractivity contribution < 1.29 is 19.5 Å². The van der Waals surface area contributed by atoms with E-state index in [0.717, 1.165) is 17.7 Å². The number of aliphatic carboxylic acids is 1. The van der Waals surface area contributed by atoms with Crippen LogP contribution in [0.5, 0.6) is 0 Å². The van der Waals surface area contributed by atoms with Crippen molar-refractivity contribution in [1.82, 2.24) is 10.2 Å². The first-order chi connectivity index (χ1) is 7.55. The number of hydrogen-bond donors (Lipinski definition) is 2. The number of imide groups is 1. The Balaban J connectivity index is 2.15. The summed E-state index contributed by atoms with van der Waals surface area (Å²) in [5, 5.41) is 11.6. The zero-order chi connectivity index (χ0) is 11.8. The number of amides is 3. The van der Waals surface area contributed by atoms with Crippen molar-refractivity contribution in [1.29, 1.82) is 0 Å². The number of nitrogens with one attached hydrogen (secondary N) is 1. The first-order valence-corrected chi connectivity index (χ1v) is 5.37. The summed E-state index contributed by atoms with van der Waals surface area (Å²) < 4.78 is 0. The summed E-state index contributed by atoms with van der Waals surface area (Å²) in [5.41, 5.74) is -0.919. The van der Waals surface area contributed by atoms with Gasteiger partial charge in [0.05, 0.1) is 12.0 Å². The van der Waals surface area contributed by atoms with E-state index in [4.69, 9.17) is 0 Å². The Labute approximate surface area is 92.6 Å². The molecule has 1 saturated heterocycles. The minimum atomic E-state index is -0.919. The van der Waals surface area contributed by atoms with E-state index in [9.17, 15) is 19.5 Å². The number of urea groups is 1. The first kappa shape index (κ1) is 10.9. The summed E-state index contributed by atoms with van der Waals surface area (Å²) in [6.07, 6.45) is 2.77. The van der Waals surface area contributed by atoms with Gasteiger partial charge in [-0.25, -0.2) is 4.79 Å². The molecule has 3 amide bonds. The third kappa shape index (κ3) is 1.64. The number of carbonyl (C=O) groups is 3. The molecule has 1 aliphatic carbocycles. The van der Waals surface area contributed by atoms with Crippen LogP contribution in [0.4, 0.5) is 4.79 Å². The topological polar surface area (TPSA) is 86.7 Å². The first-order valence-electron chi connectivity index (χ1n) is 5.37. The van der Waals surface area contributed by atoms with E-state index < -0.39 is 17.4 Å². The fourth-order valence-corrected chi connectivity index (χ4v) is 2.41. The molecular weight excluding hydrogens is 212 g/mol. The highest BCUT2D eigenvalue weighted by atomic mass is 16.4. The van der Waals surface area contributed by atoms with Crippen molar-refractivity contribution in [2.24, 2.45) is 5.41 Å². The Morgan fingerprint density at radius 1 is 1.38 bits per heavy atom. The molecular formula is C10H14N2O4. The Bertz CT molecular complexity index is 331. The molecule has 0 aromatic carbocycles. The Kier molecular flexibility index (Phi) is 2.57. The Morgan fingerprint density at radius 3 is 2.44 bits per heavy atom. The smallest absolute Gasteiger partial charge is 0.324 e. The number of carboxylic acid groups (broad SMARTS) is 1. The highest BCUT2D eigenvalue weighted by Gasteiger charge is 2.46. The second-order valence-electron chi connectivity index (χ2n) is 4.43. The average molecular weight is 226 g/mol. The van der Waals surface area contributed by atoms with Crippen LogP contribution in [0.1, 0.15) is 25.7 Å². The fourth-order valence-electron chi connectivity index (χ4n) is 2.41. The maximum absolute atomic E-state index is 11.4. The molecule has 16 heavy (non-hydrogen) atoms. The van der Waals surface area contributed by atoms with Crippen LogP contribution in [0.3, 0.4) is 0 Å². The van der Waals surface area contributed by atoms with Gasteiger partial charge in [-0.1, -0.05) is 12.8 Å². The third-order valence-electron chi connectivity index (χ3n) is 3.41. The van der Waals surface area contributed by atoms with Crippen LogP contribution in [0.15, 0.2) is 0 Å². The maximum Gasteiger partial charge on any atom is 0.324 e. The van der Waals surface area contributed by atoms with Gasteiger partial charge in [-0.3, -0.25) is 14.5 Å². The lowest BCUT2D eigenvalue weighted by atomic mass is 9.86. The van der Waals surface area contributed by atoms with Crippen molar-refractivity contribution in [3.63, 3.8) is 0 Å². The van der Waals surface area contributed by atoms with Gasteiger partial charge >= 0.3 is 12.0 Å². The summed E-state index contributed by atoms with van der Waals surface area (Å²) in [6, 6.07) is -0.475. The molecule has 2 N–H and O–H groups in total. The molecule has 0 aromatic heterocycles. The lowest BCUT2D eigenvalue weighted by molar-refractivity contribution is -0.150. The van der Waals surface area contributed by atoms with E-state index in [1.54, 1.807) is 0 Å². The van der Waals surface area contributed by atoms with E-state index in [0.29, 0.717) is 12.8 Å². The molecule has 2 aliphatic rings. The van der Waals surface area contributed by atoms with Crippen LogP contribution in [0.25, 0.3) is 0 Å². The molecule has 2 fully saturated rings. The summed E-state index contributed by atoms with van der Waals surface area (Å²) in [5.74, 6) is -1.24. The van der Waals surface area contributed by atoms with E-state index in [1.807, 2.05) is 0 Å². The van der Waals surface area contributed by atoms with Crippen LogP contribution in [-0.2, 0) is 9.59 Å². The summed E-state index contributed by atoms with van der Waals surface area (Å²) in [7, 11) is 0. The molecule has 0 spiro atoms. The molecule has 0 unspecified atom stereocenters. The van der Waals surface area contributed by atoms with Gasteiger partial charge in [-0.2, -0.15) is 0 Å². The number of carboxylic acids is 1. The van der Waals surface area contributed by atoms with E-state index in [1.165, 1.54) is 0 Å². The van der Waals surface area contributed by atoms with Gasteiger partial charge in [-0.15, -0.1) is 0 Å². The Morgan fingerprint density at radius 2 is 2.00 bits per heavy atom. The largest absolute Gasteiger partial charge is 0.481 e. The second kappa shape index (κ2) is 3.77. The van der Waals surface area contributed by atoms with Gasteiger partial charge in [0.25, 0.3) is 0 Å². The summed E-state index contributed by atoms with van der Waals surface area (Å²) in [6.45, 7) is -0.0124.